The summed E-state index contributed by atoms with van der Waals surface area (Å²) in [6, 6.07) is 12.2. The van der Waals surface area contributed by atoms with Crippen molar-refractivity contribution < 1.29 is 13.9 Å². The molecule has 0 saturated heterocycles. The molecule has 0 heterocycles. The van der Waals surface area contributed by atoms with Gasteiger partial charge in [-0.05, 0) is 42.2 Å². The lowest BCUT2D eigenvalue weighted by Crippen LogP contribution is -2.20. The van der Waals surface area contributed by atoms with E-state index in [1.165, 1.54) is 6.07 Å². The Kier molecular flexibility index (Phi) is 5.15. The van der Waals surface area contributed by atoms with Crippen LogP contribution in [-0.4, -0.2) is 12.5 Å². The van der Waals surface area contributed by atoms with E-state index in [0.29, 0.717) is 22.9 Å². The molecule has 0 atom stereocenters. The van der Waals surface area contributed by atoms with Crippen molar-refractivity contribution in [3.8, 4) is 5.75 Å². The number of benzene rings is 2. The highest BCUT2D eigenvalue weighted by molar-refractivity contribution is 5.91. The highest BCUT2D eigenvalue weighted by Crippen LogP contribution is 2.25. The number of carbonyl (C=O) groups excluding carboxylic acids is 1. The van der Waals surface area contributed by atoms with Gasteiger partial charge in [0.15, 0.2) is 6.61 Å². The number of aryl methyl sites for hydroxylation is 1. The number of amides is 1. The van der Waals surface area contributed by atoms with Crippen molar-refractivity contribution >= 4 is 11.6 Å². The fourth-order valence-corrected chi connectivity index (χ4v) is 2.10. The summed E-state index contributed by atoms with van der Waals surface area (Å²) >= 11 is 0. The third-order valence-corrected chi connectivity index (χ3v) is 3.36. The van der Waals surface area contributed by atoms with Gasteiger partial charge in [0.1, 0.15) is 11.6 Å². The summed E-state index contributed by atoms with van der Waals surface area (Å²) in [5, 5.41) is 2.62. The standard InChI is InChI=1S/C18H20FNO2/c1-12(2)15-6-4-5-7-17(15)22-11-18(21)20-14-9-8-13(3)16(19)10-14/h4-10,12H,11H2,1-3H3,(H,20,21). The van der Waals surface area contributed by atoms with Crippen LogP contribution >= 0.6 is 0 Å². The van der Waals surface area contributed by atoms with Gasteiger partial charge in [0.2, 0.25) is 0 Å². The zero-order valence-corrected chi connectivity index (χ0v) is 13.0. The molecule has 0 saturated carbocycles. The zero-order valence-electron chi connectivity index (χ0n) is 13.0. The first-order chi connectivity index (χ1) is 10.5. The normalized spacial score (nSPS) is 10.6. The number of nitrogens with one attached hydrogen (secondary N) is 1. The predicted octanol–water partition coefficient (Wildman–Crippen LogP) is 4.28. The summed E-state index contributed by atoms with van der Waals surface area (Å²) in [5.74, 6) is 0.346. The van der Waals surface area contributed by atoms with Crippen LogP contribution in [0, 0.1) is 12.7 Å². The first-order valence-corrected chi connectivity index (χ1v) is 7.25. The van der Waals surface area contributed by atoms with Crippen molar-refractivity contribution in [1.29, 1.82) is 0 Å². The number of para-hydroxylation sites is 1. The topological polar surface area (TPSA) is 38.3 Å². The molecule has 0 aliphatic heterocycles. The van der Waals surface area contributed by atoms with Gasteiger partial charge in [-0.2, -0.15) is 0 Å². The molecule has 2 aromatic carbocycles. The molecule has 0 fully saturated rings. The third-order valence-electron chi connectivity index (χ3n) is 3.36. The van der Waals surface area contributed by atoms with Crippen molar-refractivity contribution in [1.82, 2.24) is 0 Å². The molecule has 3 nitrogen and oxygen atoms in total. The van der Waals surface area contributed by atoms with Crippen LogP contribution in [0.4, 0.5) is 10.1 Å². The highest BCUT2D eigenvalue weighted by atomic mass is 19.1. The molecular weight excluding hydrogens is 281 g/mol. The van der Waals surface area contributed by atoms with E-state index in [2.05, 4.69) is 19.2 Å². The molecule has 116 valence electrons. The molecule has 1 amide bonds. The predicted molar refractivity (Wildman–Crippen MR) is 85.8 cm³/mol. The first-order valence-electron chi connectivity index (χ1n) is 7.25. The van der Waals surface area contributed by atoms with Gasteiger partial charge in [-0.3, -0.25) is 4.79 Å². The van der Waals surface area contributed by atoms with Gasteiger partial charge in [0.25, 0.3) is 5.91 Å². The van der Waals surface area contributed by atoms with Crippen LogP contribution in [0.5, 0.6) is 5.75 Å². The number of anilines is 1. The number of hydrogen-bond acceptors (Lipinski definition) is 2. The summed E-state index contributed by atoms with van der Waals surface area (Å²) in [6.45, 7) is 5.70. The Morgan fingerprint density at radius 2 is 1.95 bits per heavy atom. The van der Waals surface area contributed by atoms with Gasteiger partial charge in [-0.15, -0.1) is 0 Å². The number of carbonyl (C=O) groups is 1. The van der Waals surface area contributed by atoms with Crippen LogP contribution in [0.25, 0.3) is 0 Å². The van der Waals surface area contributed by atoms with Gasteiger partial charge in [0, 0.05) is 5.69 Å². The van der Waals surface area contributed by atoms with E-state index in [-0.39, 0.29) is 18.3 Å². The van der Waals surface area contributed by atoms with Crippen LogP contribution in [0.15, 0.2) is 42.5 Å². The Labute approximate surface area is 130 Å². The first kappa shape index (κ1) is 16.0. The van der Waals surface area contributed by atoms with Gasteiger partial charge in [0.05, 0.1) is 0 Å². The van der Waals surface area contributed by atoms with Crippen molar-refractivity contribution in [2.75, 3.05) is 11.9 Å². The maximum atomic E-state index is 13.4. The van der Waals surface area contributed by atoms with Crippen LogP contribution in [0.3, 0.4) is 0 Å². The SMILES string of the molecule is Cc1ccc(NC(=O)COc2ccccc2C(C)C)cc1F. The Morgan fingerprint density at radius 1 is 1.23 bits per heavy atom. The van der Waals surface area contributed by atoms with E-state index in [0.717, 1.165) is 5.56 Å². The molecule has 4 heteroatoms. The number of hydrogen-bond donors (Lipinski definition) is 1. The maximum absolute atomic E-state index is 13.4. The monoisotopic (exact) mass is 301 g/mol. The lowest BCUT2D eigenvalue weighted by Gasteiger charge is -2.13. The molecule has 2 rings (SSSR count). The smallest absolute Gasteiger partial charge is 0.262 e. The molecular formula is C18H20FNO2. The molecule has 22 heavy (non-hydrogen) atoms. The number of rotatable bonds is 5. The Morgan fingerprint density at radius 3 is 2.64 bits per heavy atom. The molecule has 0 aromatic heterocycles. The Hall–Kier alpha value is -2.36. The van der Waals surface area contributed by atoms with E-state index in [4.69, 9.17) is 4.74 Å². The lowest BCUT2D eigenvalue weighted by molar-refractivity contribution is -0.118. The van der Waals surface area contributed by atoms with Crippen LogP contribution in [-0.2, 0) is 4.79 Å². The lowest BCUT2D eigenvalue weighted by atomic mass is 10.0. The summed E-state index contributed by atoms with van der Waals surface area (Å²) in [6.07, 6.45) is 0. The molecule has 1 N–H and O–H groups in total. The van der Waals surface area contributed by atoms with E-state index in [1.807, 2.05) is 24.3 Å². The fourth-order valence-electron chi connectivity index (χ4n) is 2.10. The summed E-state index contributed by atoms with van der Waals surface area (Å²) in [5.41, 5.74) is 2.02. The van der Waals surface area contributed by atoms with Gasteiger partial charge in [-0.25, -0.2) is 4.39 Å². The second kappa shape index (κ2) is 7.07. The van der Waals surface area contributed by atoms with Gasteiger partial charge >= 0.3 is 0 Å². The second-order valence-electron chi connectivity index (χ2n) is 5.49. The summed E-state index contributed by atoms with van der Waals surface area (Å²) in [4.78, 5) is 11.9. The second-order valence-corrected chi connectivity index (χ2v) is 5.49. The minimum absolute atomic E-state index is 0.112. The highest BCUT2D eigenvalue weighted by Gasteiger charge is 2.10. The molecule has 0 unspecified atom stereocenters. The minimum Gasteiger partial charge on any atom is -0.483 e. The van der Waals surface area contributed by atoms with Crippen LogP contribution in [0.1, 0.15) is 30.9 Å². The van der Waals surface area contributed by atoms with E-state index in [9.17, 15) is 9.18 Å². The summed E-state index contributed by atoms with van der Waals surface area (Å²) < 4.78 is 19.0. The molecule has 0 spiro atoms. The van der Waals surface area contributed by atoms with Crippen molar-refractivity contribution in [3.63, 3.8) is 0 Å². The van der Waals surface area contributed by atoms with Crippen LogP contribution < -0.4 is 10.1 Å². The largest absolute Gasteiger partial charge is 0.483 e. The molecule has 0 radical (unpaired) electrons. The zero-order chi connectivity index (χ0) is 16.1. The molecule has 0 aliphatic rings. The fraction of sp³-hybridized carbons (Fsp3) is 0.278. The third kappa shape index (κ3) is 4.07. The van der Waals surface area contributed by atoms with E-state index in [1.54, 1.807) is 19.1 Å². The molecule has 2 aromatic rings. The number of halogens is 1. The number of ether oxygens (including phenoxy) is 1. The van der Waals surface area contributed by atoms with Crippen LogP contribution in [0.2, 0.25) is 0 Å². The molecule has 0 aliphatic carbocycles. The van der Waals surface area contributed by atoms with Gasteiger partial charge in [-0.1, -0.05) is 38.1 Å². The quantitative estimate of drug-likeness (QED) is 0.895. The van der Waals surface area contributed by atoms with E-state index < -0.39 is 0 Å². The average Bonchev–Trinajstić information content (AvgIpc) is 2.49. The maximum Gasteiger partial charge on any atom is 0.262 e. The van der Waals surface area contributed by atoms with Crippen molar-refractivity contribution in [2.45, 2.75) is 26.7 Å². The van der Waals surface area contributed by atoms with E-state index >= 15 is 0 Å². The average molecular weight is 301 g/mol. The van der Waals surface area contributed by atoms with Crippen molar-refractivity contribution in [2.24, 2.45) is 0 Å². The summed E-state index contributed by atoms with van der Waals surface area (Å²) in [7, 11) is 0. The van der Waals surface area contributed by atoms with Crippen molar-refractivity contribution in [3.05, 3.63) is 59.4 Å². The Bertz CT molecular complexity index is 668. The van der Waals surface area contributed by atoms with Gasteiger partial charge < -0.3 is 10.1 Å². The molecule has 0 bridgehead atoms. The Balaban J connectivity index is 1.97. The minimum atomic E-state index is -0.344.